The molecule has 0 amide bonds. The second kappa shape index (κ2) is 9.25. The molecule has 10 heteroatoms. The first-order valence-electron chi connectivity index (χ1n) is 9.21. The number of aromatic nitrogens is 4. The Morgan fingerprint density at radius 2 is 1.77 bits per heavy atom. The quantitative estimate of drug-likeness (QED) is 0.370. The van der Waals surface area contributed by atoms with Crippen LogP contribution < -0.4 is 11.4 Å². The molecule has 0 aliphatic carbocycles. The highest BCUT2D eigenvalue weighted by atomic mass is 32.1. The Morgan fingerprint density at radius 3 is 2.29 bits per heavy atom. The number of hydrogen-bond acceptors (Lipinski definition) is 5. The van der Waals surface area contributed by atoms with Gasteiger partial charge in [0.15, 0.2) is 0 Å². The fourth-order valence-electron chi connectivity index (χ4n) is 2.98. The van der Waals surface area contributed by atoms with Crippen molar-refractivity contribution in [1.29, 1.82) is 0 Å². The van der Waals surface area contributed by atoms with Crippen molar-refractivity contribution in [3.63, 3.8) is 0 Å². The van der Waals surface area contributed by atoms with Crippen molar-refractivity contribution in [3.05, 3.63) is 93.8 Å². The monoisotopic (exact) mass is 447 g/mol. The lowest BCUT2D eigenvalue weighted by Crippen LogP contribution is -2.21. The predicted octanol–water partition coefficient (Wildman–Crippen LogP) is 3.80. The van der Waals surface area contributed by atoms with Crippen molar-refractivity contribution in [2.45, 2.75) is 25.4 Å². The Labute approximate surface area is 181 Å². The third kappa shape index (κ3) is 5.26. The van der Waals surface area contributed by atoms with Gasteiger partial charge < -0.3 is 10.4 Å². The predicted molar refractivity (Wildman–Crippen MR) is 116 cm³/mol. The number of nitrogens with two attached hydrogens (primary N) is 1. The highest BCUT2D eigenvalue weighted by Crippen LogP contribution is 2.29. The number of benzene rings is 2. The summed E-state index contributed by atoms with van der Waals surface area (Å²) in [5, 5.41) is 8.03. The molecule has 2 heterocycles. The second-order valence-electron chi connectivity index (χ2n) is 6.75. The fraction of sp³-hybridized carbons (Fsp3) is 0.190. The molecule has 4 aromatic rings. The maximum absolute atomic E-state index is 12.6. The van der Waals surface area contributed by atoms with Gasteiger partial charge in [-0.2, -0.15) is 25.8 Å². The summed E-state index contributed by atoms with van der Waals surface area (Å²) in [6.45, 7) is 2.00. The summed E-state index contributed by atoms with van der Waals surface area (Å²) < 4.78 is 40.8. The lowest BCUT2D eigenvalue weighted by atomic mass is 10.1. The number of nitrogens with zero attached hydrogens (tertiary/aromatic N) is 4. The first kappa shape index (κ1) is 22.4. The topological polar surface area (TPSA) is 78.7 Å². The number of alkyl halides is 3. The molecule has 0 aliphatic heterocycles. The molecule has 0 radical (unpaired) electrons. The summed E-state index contributed by atoms with van der Waals surface area (Å²) in [7, 11) is 0. The number of hydrogen-bond donors (Lipinski definition) is 2. The molecule has 0 saturated heterocycles. The number of pyridine rings is 1. The molecular weight excluding hydrogens is 427 g/mol. The minimum atomic E-state index is -4.36. The van der Waals surface area contributed by atoms with E-state index in [4.69, 9.17) is 5.84 Å². The average Bonchev–Trinajstić information content (AvgIpc) is 3.12. The first-order valence-corrected chi connectivity index (χ1v) is 9.84. The highest BCUT2D eigenvalue weighted by molar-refractivity contribution is 7.79. The van der Waals surface area contributed by atoms with Gasteiger partial charge in [0, 0.05) is 17.2 Å². The molecule has 2 aromatic heterocycles. The van der Waals surface area contributed by atoms with Crippen LogP contribution in [0.5, 0.6) is 0 Å². The Morgan fingerprint density at radius 1 is 1.10 bits per heavy atom. The number of aryl methyl sites for hydroxylation is 1. The van der Waals surface area contributed by atoms with Gasteiger partial charge in [-0.15, -0.1) is 10.2 Å². The highest BCUT2D eigenvalue weighted by Gasteiger charge is 2.29. The maximum Gasteiger partial charge on any atom is 0.416 e. The van der Waals surface area contributed by atoms with Crippen LogP contribution in [0.25, 0.3) is 10.9 Å². The van der Waals surface area contributed by atoms with E-state index in [2.05, 4.69) is 22.8 Å². The lowest BCUT2D eigenvalue weighted by Gasteiger charge is -2.13. The Hall–Kier alpha value is -3.27. The molecular formula is C21H20F3N5OS. The molecule has 4 rings (SSSR count). The van der Waals surface area contributed by atoms with Gasteiger partial charge in [0.05, 0.1) is 17.6 Å². The van der Waals surface area contributed by atoms with Crippen molar-refractivity contribution in [3.8, 4) is 0 Å². The third-order valence-electron chi connectivity index (χ3n) is 4.65. The van der Waals surface area contributed by atoms with E-state index in [1.54, 1.807) is 11.5 Å². The second-order valence-corrected chi connectivity index (χ2v) is 7.07. The normalized spacial score (nSPS) is 11.3. The van der Waals surface area contributed by atoms with E-state index in [-0.39, 0.29) is 12.1 Å². The van der Waals surface area contributed by atoms with Crippen molar-refractivity contribution in [1.82, 2.24) is 19.4 Å². The van der Waals surface area contributed by atoms with Crippen LogP contribution in [-0.2, 0) is 18.5 Å². The molecule has 0 aliphatic rings. The summed E-state index contributed by atoms with van der Waals surface area (Å²) in [6.07, 6.45) is -2.91. The minimum absolute atomic E-state index is 0.197. The Bertz CT molecular complexity index is 1220. The molecule has 0 spiro atoms. The summed E-state index contributed by atoms with van der Waals surface area (Å²) >= 11 is 4.25. The summed E-state index contributed by atoms with van der Waals surface area (Å²) in [5.41, 5.74) is 1.32. The standard InChI is InChI=1S/C18H14F3NOS.C3H6N4/c19-18(20,21)14-7-5-12(6-8-14)10-22-16-4-2-1-3-15(16)13(11-24)9-17(22)23;1-3-6-5-2-7(3)4/h1-9,24H,10-11H2;2H,4H2,1H3. The van der Waals surface area contributed by atoms with E-state index < -0.39 is 11.7 Å². The molecule has 2 aromatic carbocycles. The molecule has 162 valence electrons. The molecule has 0 fully saturated rings. The van der Waals surface area contributed by atoms with Gasteiger partial charge in [-0.05, 0) is 36.2 Å². The molecule has 31 heavy (non-hydrogen) atoms. The Balaban J connectivity index is 0.000000330. The smallest absolute Gasteiger partial charge is 0.336 e. The van der Waals surface area contributed by atoms with Gasteiger partial charge in [0.2, 0.25) is 0 Å². The maximum atomic E-state index is 12.6. The number of para-hydroxylation sites is 1. The average molecular weight is 447 g/mol. The van der Waals surface area contributed by atoms with E-state index in [1.807, 2.05) is 24.3 Å². The van der Waals surface area contributed by atoms with Crippen LogP contribution in [0.1, 0.15) is 22.5 Å². The van der Waals surface area contributed by atoms with Gasteiger partial charge in [-0.3, -0.25) is 4.79 Å². The van der Waals surface area contributed by atoms with Crippen LogP contribution in [0.2, 0.25) is 0 Å². The van der Waals surface area contributed by atoms with Crippen molar-refractivity contribution in [2.24, 2.45) is 0 Å². The van der Waals surface area contributed by atoms with Gasteiger partial charge in [-0.25, -0.2) is 4.68 Å². The van der Waals surface area contributed by atoms with E-state index in [0.717, 1.165) is 34.4 Å². The number of rotatable bonds is 3. The van der Waals surface area contributed by atoms with Crippen LogP contribution in [0.3, 0.4) is 0 Å². The zero-order chi connectivity index (χ0) is 22.6. The van der Waals surface area contributed by atoms with Gasteiger partial charge >= 0.3 is 6.18 Å². The first-order chi connectivity index (χ1) is 14.7. The number of halogens is 3. The van der Waals surface area contributed by atoms with Crippen LogP contribution in [0, 0.1) is 6.92 Å². The summed E-state index contributed by atoms with van der Waals surface area (Å²) in [5.74, 6) is 6.40. The minimum Gasteiger partial charge on any atom is -0.336 e. The molecule has 0 atom stereocenters. The largest absolute Gasteiger partial charge is 0.416 e. The summed E-state index contributed by atoms with van der Waals surface area (Å²) in [4.78, 5) is 12.4. The molecule has 0 saturated carbocycles. The summed E-state index contributed by atoms with van der Waals surface area (Å²) in [6, 6.07) is 13.8. The Kier molecular flexibility index (Phi) is 6.69. The zero-order valence-electron chi connectivity index (χ0n) is 16.5. The number of thiol groups is 1. The van der Waals surface area contributed by atoms with E-state index in [9.17, 15) is 18.0 Å². The van der Waals surface area contributed by atoms with E-state index in [1.165, 1.54) is 29.2 Å². The van der Waals surface area contributed by atoms with Gasteiger partial charge in [0.25, 0.3) is 5.56 Å². The molecule has 0 bridgehead atoms. The number of fused-ring (bicyclic) bond motifs is 1. The van der Waals surface area contributed by atoms with Crippen LogP contribution in [0.4, 0.5) is 13.2 Å². The third-order valence-corrected chi connectivity index (χ3v) is 4.99. The molecule has 0 unspecified atom stereocenters. The van der Waals surface area contributed by atoms with Crippen molar-refractivity contribution in [2.75, 3.05) is 5.84 Å². The van der Waals surface area contributed by atoms with Crippen LogP contribution >= 0.6 is 12.6 Å². The lowest BCUT2D eigenvalue weighted by molar-refractivity contribution is -0.137. The number of nitrogen functional groups attached to an aromatic ring is 1. The molecule has 2 N–H and O–H groups in total. The van der Waals surface area contributed by atoms with E-state index >= 15 is 0 Å². The fourth-order valence-corrected chi connectivity index (χ4v) is 3.24. The van der Waals surface area contributed by atoms with E-state index in [0.29, 0.717) is 11.3 Å². The van der Waals surface area contributed by atoms with Gasteiger partial charge in [0.1, 0.15) is 12.2 Å². The van der Waals surface area contributed by atoms with Crippen LogP contribution in [-0.4, -0.2) is 19.4 Å². The van der Waals surface area contributed by atoms with Crippen LogP contribution in [0.15, 0.2) is 65.7 Å². The van der Waals surface area contributed by atoms with Crippen molar-refractivity contribution < 1.29 is 13.2 Å². The van der Waals surface area contributed by atoms with Gasteiger partial charge in [-0.1, -0.05) is 30.3 Å². The van der Waals surface area contributed by atoms with Crippen molar-refractivity contribution >= 4 is 23.5 Å². The molecule has 6 nitrogen and oxygen atoms in total. The SMILES string of the molecule is Cc1nncn1N.O=c1cc(CS)c2ccccc2n1Cc1ccc(C(F)(F)F)cc1. The zero-order valence-corrected chi connectivity index (χ0v) is 17.4.